The third-order valence-corrected chi connectivity index (χ3v) is 5.25. The molecule has 150 valence electrons. The number of hydrogen-bond acceptors (Lipinski definition) is 11. The fourth-order valence-corrected chi connectivity index (χ4v) is 3.90. The van der Waals surface area contributed by atoms with Crippen LogP contribution in [-0.4, -0.2) is 68.5 Å². The zero-order valence-corrected chi connectivity index (χ0v) is 16.1. The molecule has 2 aromatic rings. The highest BCUT2D eigenvalue weighted by atomic mass is 32.2. The van der Waals surface area contributed by atoms with Gasteiger partial charge in [-0.15, -0.1) is 11.8 Å². The fourth-order valence-electron chi connectivity index (χ4n) is 2.68. The molecule has 27 heavy (non-hydrogen) atoms. The lowest BCUT2D eigenvalue weighted by Crippen LogP contribution is -2.35. The minimum absolute atomic E-state index is 0.187. The van der Waals surface area contributed by atoms with E-state index in [9.17, 15) is 18.6 Å². The summed E-state index contributed by atoms with van der Waals surface area (Å²) in [6, 6.07) is 0. The Hall–Kier alpha value is -1.55. The van der Waals surface area contributed by atoms with E-state index in [4.69, 9.17) is 15.6 Å². The van der Waals surface area contributed by atoms with Crippen LogP contribution < -0.4 is 10.9 Å². The van der Waals surface area contributed by atoms with Crippen molar-refractivity contribution in [2.45, 2.75) is 48.7 Å². The molecule has 0 amide bonds. The summed E-state index contributed by atoms with van der Waals surface area (Å²) in [6.45, 7) is 3.39. The van der Waals surface area contributed by atoms with E-state index in [0.29, 0.717) is 16.1 Å². The number of hydrogen-bond donors (Lipinski definition) is 4. The Morgan fingerprint density at radius 2 is 2.07 bits per heavy atom. The van der Waals surface area contributed by atoms with Crippen LogP contribution in [0.4, 0.5) is 5.82 Å². The van der Waals surface area contributed by atoms with Crippen molar-refractivity contribution in [1.29, 1.82) is 0 Å². The van der Waals surface area contributed by atoms with Crippen LogP contribution in [0.15, 0.2) is 11.4 Å². The molecule has 0 spiro atoms. The first-order valence-electron chi connectivity index (χ1n) is 7.92. The average molecular weight is 420 g/mol. The molecule has 1 fully saturated rings. The molecule has 3 rings (SSSR count). The van der Waals surface area contributed by atoms with Gasteiger partial charge in [-0.2, -0.15) is 13.5 Å². The van der Waals surface area contributed by atoms with Gasteiger partial charge in [-0.25, -0.2) is 19.8 Å². The first-order valence-corrected chi connectivity index (χ1v) is 10.3. The molecule has 2 aromatic heterocycles. The summed E-state index contributed by atoms with van der Waals surface area (Å²) in [6.07, 6.45) is -3.85. The van der Waals surface area contributed by atoms with Crippen LogP contribution in [0.2, 0.25) is 0 Å². The first kappa shape index (κ1) is 20.2. The van der Waals surface area contributed by atoms with Gasteiger partial charge in [0.25, 0.3) is 0 Å². The van der Waals surface area contributed by atoms with Gasteiger partial charge in [0.05, 0.1) is 12.0 Å². The molecule has 0 bridgehead atoms. The van der Waals surface area contributed by atoms with E-state index >= 15 is 0 Å². The molecule has 0 radical (unpaired) electrons. The van der Waals surface area contributed by atoms with Crippen molar-refractivity contribution >= 4 is 38.9 Å². The van der Waals surface area contributed by atoms with Gasteiger partial charge in [0.1, 0.15) is 35.5 Å². The third-order valence-electron chi connectivity index (χ3n) is 3.81. The number of aromatic nitrogens is 4. The predicted octanol–water partition coefficient (Wildman–Crippen LogP) is -1.25. The van der Waals surface area contributed by atoms with Crippen molar-refractivity contribution < 1.29 is 27.6 Å². The Morgan fingerprint density at radius 3 is 2.70 bits per heavy atom. The Labute approximate surface area is 159 Å². The second-order valence-electron chi connectivity index (χ2n) is 6.20. The maximum Gasteiger partial charge on any atom is 0.333 e. The molecule has 1 saturated heterocycles. The Kier molecular flexibility index (Phi) is 5.58. The van der Waals surface area contributed by atoms with Crippen LogP contribution in [0.3, 0.4) is 0 Å². The molecule has 14 heteroatoms. The third kappa shape index (κ3) is 4.16. The number of nitrogen functional groups attached to an aromatic ring is 1. The number of anilines is 1. The van der Waals surface area contributed by atoms with Gasteiger partial charge in [-0.3, -0.25) is 4.18 Å². The van der Waals surface area contributed by atoms with E-state index in [0.717, 1.165) is 0 Å². The van der Waals surface area contributed by atoms with E-state index in [1.807, 2.05) is 13.8 Å². The summed E-state index contributed by atoms with van der Waals surface area (Å²) in [5.74, 6) is 0.219. The van der Waals surface area contributed by atoms with Crippen molar-refractivity contribution in [2.75, 3.05) is 12.3 Å². The Morgan fingerprint density at radius 1 is 1.37 bits per heavy atom. The second-order valence-corrected chi connectivity index (χ2v) is 8.98. The van der Waals surface area contributed by atoms with Crippen LogP contribution in [0.1, 0.15) is 20.1 Å². The number of rotatable bonds is 6. The van der Waals surface area contributed by atoms with Crippen molar-refractivity contribution in [1.82, 2.24) is 19.7 Å². The smallest absolute Gasteiger partial charge is 0.333 e. The van der Waals surface area contributed by atoms with Gasteiger partial charge in [0, 0.05) is 5.25 Å². The van der Waals surface area contributed by atoms with Gasteiger partial charge in [-0.1, -0.05) is 13.8 Å². The van der Waals surface area contributed by atoms with E-state index in [2.05, 4.69) is 19.2 Å². The highest BCUT2D eigenvalue weighted by Crippen LogP contribution is 2.37. The molecular weight excluding hydrogens is 400 g/mol. The van der Waals surface area contributed by atoms with Gasteiger partial charge in [0.2, 0.25) is 0 Å². The Bertz CT molecular complexity index is 935. The highest BCUT2D eigenvalue weighted by Gasteiger charge is 2.45. The number of aliphatic hydroxyl groups excluding tert-OH is 2. The van der Waals surface area contributed by atoms with Crippen molar-refractivity contribution in [3.8, 4) is 0 Å². The van der Waals surface area contributed by atoms with Gasteiger partial charge in [-0.05, 0) is 0 Å². The molecule has 12 nitrogen and oxygen atoms in total. The molecule has 6 N–H and O–H groups in total. The molecule has 1 aliphatic rings. The molecule has 0 unspecified atom stereocenters. The number of fused-ring (bicyclic) bond motifs is 1. The minimum atomic E-state index is -4.22. The average Bonchev–Trinajstić information content (AvgIpc) is 3.04. The normalized spacial score (nSPS) is 26.3. The predicted molar refractivity (Wildman–Crippen MR) is 95.7 cm³/mol. The first-order chi connectivity index (χ1) is 12.6. The van der Waals surface area contributed by atoms with Crippen LogP contribution >= 0.6 is 11.8 Å². The topological polar surface area (TPSA) is 189 Å². The van der Waals surface area contributed by atoms with Crippen LogP contribution in [0.5, 0.6) is 0 Å². The van der Waals surface area contributed by atoms with Crippen LogP contribution in [-0.2, 0) is 19.2 Å². The number of aliphatic hydroxyl groups is 2. The summed E-state index contributed by atoms with van der Waals surface area (Å²) in [7, 11) is -4.22. The molecule has 1 aliphatic heterocycles. The van der Waals surface area contributed by atoms with E-state index in [1.165, 1.54) is 22.8 Å². The summed E-state index contributed by atoms with van der Waals surface area (Å²) < 4.78 is 33.2. The summed E-state index contributed by atoms with van der Waals surface area (Å²) in [5.41, 5.74) is 6.27. The second kappa shape index (κ2) is 7.46. The molecule has 0 saturated carbocycles. The highest BCUT2D eigenvalue weighted by molar-refractivity contribution is 8.00. The minimum Gasteiger partial charge on any atom is -0.387 e. The summed E-state index contributed by atoms with van der Waals surface area (Å²) >= 11 is 1.43. The molecule has 0 aromatic carbocycles. The number of thioether (sulfide) groups is 1. The van der Waals surface area contributed by atoms with E-state index in [-0.39, 0.29) is 11.1 Å². The summed E-state index contributed by atoms with van der Waals surface area (Å²) in [5, 5.41) is 31.0. The van der Waals surface area contributed by atoms with Crippen LogP contribution in [0, 0.1) is 0 Å². The zero-order chi connectivity index (χ0) is 19.9. The molecule has 4 atom stereocenters. The van der Waals surface area contributed by atoms with Crippen molar-refractivity contribution in [2.24, 2.45) is 5.14 Å². The lowest BCUT2D eigenvalue weighted by molar-refractivity contribution is -0.0531. The lowest BCUT2D eigenvalue weighted by atomic mass is 10.1. The Balaban J connectivity index is 1.96. The maximum absolute atomic E-state index is 11.0. The molecule has 0 aliphatic carbocycles. The molecular formula is C13H20N6O6S2. The van der Waals surface area contributed by atoms with Gasteiger partial charge in [0.15, 0.2) is 11.9 Å². The summed E-state index contributed by atoms with van der Waals surface area (Å²) in [4.78, 5) is 8.13. The van der Waals surface area contributed by atoms with Crippen molar-refractivity contribution in [3.63, 3.8) is 0 Å². The van der Waals surface area contributed by atoms with E-state index < -0.39 is 41.5 Å². The maximum atomic E-state index is 11.0. The largest absolute Gasteiger partial charge is 0.387 e. The van der Waals surface area contributed by atoms with Gasteiger partial charge < -0.3 is 20.7 Å². The zero-order valence-electron chi connectivity index (χ0n) is 14.5. The van der Waals surface area contributed by atoms with Crippen molar-refractivity contribution in [3.05, 3.63) is 6.33 Å². The van der Waals surface area contributed by atoms with E-state index in [1.54, 1.807) is 0 Å². The number of nitrogens with zero attached hydrogens (tertiary/aromatic N) is 4. The van der Waals surface area contributed by atoms with Gasteiger partial charge >= 0.3 is 10.3 Å². The fraction of sp³-hybridized carbons (Fsp3) is 0.615. The van der Waals surface area contributed by atoms with Crippen LogP contribution in [0.25, 0.3) is 11.0 Å². The standard InChI is InChI=1S/C13H20N6O6S2/c1-5(2)26-12-7-10(14)16-4-17-11(7)19(18-12)13-9(21)8(20)6(25-13)3-24-27(15,22)23/h4-6,8-9,13,20-21H,3H2,1-2H3,(H2,14,16,17)(H2,15,22,23)/t6-,8-,9-,13-/m1/s1. The quantitative estimate of drug-likeness (QED) is 0.408. The molecule has 3 heterocycles. The number of ether oxygens (including phenoxy) is 1. The monoisotopic (exact) mass is 420 g/mol. The SMILES string of the molecule is CC(C)Sc1nn([C@@H]2O[C@H](COS(N)(=O)=O)[C@@H](O)[C@H]2O)c2ncnc(N)c12. The number of nitrogens with two attached hydrogens (primary N) is 2. The lowest BCUT2D eigenvalue weighted by Gasteiger charge is -2.15.